The maximum Gasteiger partial charge on any atom is 0.335 e. The number of aromatic carboxylic acids is 1. The summed E-state index contributed by atoms with van der Waals surface area (Å²) in [7, 11) is 1.51. The van der Waals surface area contributed by atoms with Crippen molar-refractivity contribution in [3.05, 3.63) is 35.5 Å². The number of rotatable bonds is 3. The molecular weight excluding hydrogens is 252 g/mol. The summed E-state index contributed by atoms with van der Waals surface area (Å²) in [6, 6.07) is 5.80. The number of carbonyl (C=O) groups is 2. The SMILES string of the molecule is CN(C(=O)c1nonc1N)c1ccc(C(=O)O)cc1. The van der Waals surface area contributed by atoms with E-state index in [9.17, 15) is 9.59 Å². The Hall–Kier alpha value is -2.90. The molecule has 0 unspecified atom stereocenters. The van der Waals surface area contributed by atoms with Crippen molar-refractivity contribution in [1.82, 2.24) is 10.3 Å². The Bertz CT molecular complexity index is 620. The number of nitrogens with zero attached hydrogens (tertiary/aromatic N) is 3. The third-order valence-corrected chi connectivity index (χ3v) is 2.52. The van der Waals surface area contributed by atoms with Gasteiger partial charge in [0, 0.05) is 12.7 Å². The van der Waals surface area contributed by atoms with Gasteiger partial charge in [0.05, 0.1) is 5.56 Å². The zero-order chi connectivity index (χ0) is 14.0. The van der Waals surface area contributed by atoms with Crippen LogP contribution in [0, 0.1) is 0 Å². The molecule has 1 amide bonds. The molecule has 1 heterocycles. The number of hydrogen-bond donors (Lipinski definition) is 2. The van der Waals surface area contributed by atoms with Crippen molar-refractivity contribution in [3.63, 3.8) is 0 Å². The van der Waals surface area contributed by atoms with Crippen LogP contribution >= 0.6 is 0 Å². The van der Waals surface area contributed by atoms with Crippen molar-refractivity contribution in [2.24, 2.45) is 0 Å². The Morgan fingerprint density at radius 2 is 1.89 bits per heavy atom. The molecule has 2 aromatic rings. The first kappa shape index (κ1) is 12.6. The molecule has 0 aliphatic heterocycles. The number of aromatic nitrogens is 2. The number of nitrogen functional groups attached to an aromatic ring is 1. The standard InChI is InChI=1S/C11H10N4O4/c1-15(10(16)8-9(12)14-19-13-8)7-4-2-6(3-5-7)11(17)18/h2-5H,1H3,(H2,12,14)(H,17,18). The highest BCUT2D eigenvalue weighted by Crippen LogP contribution is 2.17. The van der Waals surface area contributed by atoms with Gasteiger partial charge < -0.3 is 15.7 Å². The van der Waals surface area contributed by atoms with Crippen LogP contribution in [0.15, 0.2) is 28.9 Å². The highest BCUT2D eigenvalue weighted by molar-refractivity contribution is 6.07. The molecule has 2 rings (SSSR count). The lowest BCUT2D eigenvalue weighted by Crippen LogP contribution is -2.27. The van der Waals surface area contributed by atoms with Gasteiger partial charge >= 0.3 is 5.97 Å². The summed E-state index contributed by atoms with van der Waals surface area (Å²) in [5.74, 6) is -1.63. The minimum atomic E-state index is -1.04. The topological polar surface area (TPSA) is 123 Å². The minimum Gasteiger partial charge on any atom is -0.478 e. The number of carbonyl (C=O) groups excluding carboxylic acids is 1. The fraction of sp³-hybridized carbons (Fsp3) is 0.0909. The second-order valence-corrected chi connectivity index (χ2v) is 3.71. The van der Waals surface area contributed by atoms with Crippen molar-refractivity contribution in [1.29, 1.82) is 0 Å². The number of anilines is 2. The van der Waals surface area contributed by atoms with Crippen LogP contribution in [0.3, 0.4) is 0 Å². The molecule has 1 aromatic heterocycles. The molecular formula is C11H10N4O4. The molecule has 0 bridgehead atoms. The summed E-state index contributed by atoms with van der Waals surface area (Å²) in [5.41, 5.74) is 5.97. The summed E-state index contributed by atoms with van der Waals surface area (Å²) in [5, 5.41) is 15.5. The highest BCUT2D eigenvalue weighted by atomic mass is 16.6. The lowest BCUT2D eigenvalue weighted by atomic mass is 10.2. The van der Waals surface area contributed by atoms with E-state index < -0.39 is 11.9 Å². The van der Waals surface area contributed by atoms with Crippen LogP contribution in [-0.4, -0.2) is 34.3 Å². The van der Waals surface area contributed by atoms with Gasteiger partial charge in [0.15, 0.2) is 0 Å². The van der Waals surface area contributed by atoms with Gasteiger partial charge in [-0.3, -0.25) is 4.79 Å². The largest absolute Gasteiger partial charge is 0.478 e. The van der Waals surface area contributed by atoms with Gasteiger partial charge in [0.1, 0.15) is 0 Å². The van der Waals surface area contributed by atoms with Gasteiger partial charge in [-0.05, 0) is 34.6 Å². The summed E-state index contributed by atoms with van der Waals surface area (Å²) < 4.78 is 4.35. The monoisotopic (exact) mass is 262 g/mol. The van der Waals surface area contributed by atoms with Crippen LogP contribution in [0.25, 0.3) is 0 Å². The molecule has 0 spiro atoms. The van der Waals surface area contributed by atoms with Crippen LogP contribution < -0.4 is 10.6 Å². The Labute approximate surface area is 107 Å². The number of nitrogens with two attached hydrogens (primary N) is 1. The van der Waals surface area contributed by atoms with Crippen LogP contribution in [0.2, 0.25) is 0 Å². The van der Waals surface area contributed by atoms with E-state index in [0.29, 0.717) is 5.69 Å². The molecule has 0 fully saturated rings. The van der Waals surface area contributed by atoms with Crippen molar-refractivity contribution < 1.29 is 19.3 Å². The summed E-state index contributed by atoms with van der Waals surface area (Å²) >= 11 is 0. The lowest BCUT2D eigenvalue weighted by Gasteiger charge is -2.15. The first-order valence-electron chi connectivity index (χ1n) is 5.20. The first-order valence-corrected chi connectivity index (χ1v) is 5.20. The third-order valence-electron chi connectivity index (χ3n) is 2.52. The average molecular weight is 262 g/mol. The van der Waals surface area contributed by atoms with Gasteiger partial charge in [-0.15, -0.1) is 0 Å². The maximum atomic E-state index is 12.0. The van der Waals surface area contributed by atoms with Crippen molar-refractivity contribution in [3.8, 4) is 0 Å². The van der Waals surface area contributed by atoms with Crippen LogP contribution in [0.4, 0.5) is 11.5 Å². The molecule has 0 radical (unpaired) electrons. The van der Waals surface area contributed by atoms with E-state index in [1.54, 1.807) is 0 Å². The quantitative estimate of drug-likeness (QED) is 0.831. The van der Waals surface area contributed by atoms with E-state index in [-0.39, 0.29) is 17.1 Å². The molecule has 0 saturated heterocycles. The predicted octanol–water partition coefficient (Wildman–Crippen LogP) is 0.627. The molecule has 8 heteroatoms. The molecule has 8 nitrogen and oxygen atoms in total. The molecule has 98 valence electrons. The van der Waals surface area contributed by atoms with Crippen molar-refractivity contribution in [2.75, 3.05) is 17.7 Å². The fourth-order valence-electron chi connectivity index (χ4n) is 1.45. The van der Waals surface area contributed by atoms with Crippen LogP contribution in [0.5, 0.6) is 0 Å². The molecule has 0 aliphatic rings. The Kier molecular flexibility index (Phi) is 3.15. The van der Waals surface area contributed by atoms with E-state index in [4.69, 9.17) is 10.8 Å². The zero-order valence-corrected chi connectivity index (χ0v) is 9.90. The highest BCUT2D eigenvalue weighted by Gasteiger charge is 2.21. The van der Waals surface area contributed by atoms with Gasteiger partial charge in [0.2, 0.25) is 11.5 Å². The van der Waals surface area contributed by atoms with Crippen molar-refractivity contribution in [2.45, 2.75) is 0 Å². The van der Waals surface area contributed by atoms with Gasteiger partial charge in [-0.1, -0.05) is 0 Å². The number of hydrogen-bond acceptors (Lipinski definition) is 6. The van der Waals surface area contributed by atoms with Crippen LogP contribution in [0.1, 0.15) is 20.8 Å². The van der Waals surface area contributed by atoms with Crippen LogP contribution in [-0.2, 0) is 0 Å². The second-order valence-electron chi connectivity index (χ2n) is 3.71. The van der Waals surface area contributed by atoms with Gasteiger partial charge in [0.25, 0.3) is 5.91 Å². The van der Waals surface area contributed by atoms with E-state index >= 15 is 0 Å². The molecule has 0 atom stereocenters. The Balaban J connectivity index is 2.24. The molecule has 0 aliphatic carbocycles. The van der Waals surface area contributed by atoms with Gasteiger partial charge in [-0.25, -0.2) is 9.42 Å². The molecule has 3 N–H and O–H groups in total. The minimum absolute atomic E-state index is 0.0928. The Morgan fingerprint density at radius 3 is 2.37 bits per heavy atom. The zero-order valence-electron chi connectivity index (χ0n) is 9.90. The lowest BCUT2D eigenvalue weighted by molar-refractivity contribution is 0.0696. The predicted molar refractivity (Wildman–Crippen MR) is 64.8 cm³/mol. The van der Waals surface area contributed by atoms with Gasteiger partial charge in [-0.2, -0.15) is 0 Å². The Morgan fingerprint density at radius 1 is 1.26 bits per heavy atom. The smallest absolute Gasteiger partial charge is 0.335 e. The summed E-state index contributed by atoms with van der Waals surface area (Å²) in [4.78, 5) is 24.0. The van der Waals surface area contributed by atoms with E-state index in [0.717, 1.165) is 0 Å². The fourth-order valence-corrected chi connectivity index (χ4v) is 1.45. The first-order chi connectivity index (χ1) is 9.00. The molecule has 0 saturated carbocycles. The number of carboxylic acids is 1. The molecule has 19 heavy (non-hydrogen) atoms. The number of benzene rings is 1. The summed E-state index contributed by atoms with van der Waals surface area (Å²) in [6.45, 7) is 0. The normalized spacial score (nSPS) is 10.2. The second kappa shape index (κ2) is 4.77. The van der Waals surface area contributed by atoms with Crippen molar-refractivity contribution >= 4 is 23.4 Å². The average Bonchev–Trinajstić information content (AvgIpc) is 2.83. The number of amides is 1. The third kappa shape index (κ3) is 2.37. The number of carboxylic acid groups (broad SMARTS) is 1. The summed E-state index contributed by atoms with van der Waals surface area (Å²) in [6.07, 6.45) is 0. The van der Waals surface area contributed by atoms with E-state index in [1.165, 1.54) is 36.2 Å². The molecule has 1 aromatic carbocycles. The van der Waals surface area contributed by atoms with E-state index in [2.05, 4.69) is 14.9 Å². The maximum absolute atomic E-state index is 12.0. The van der Waals surface area contributed by atoms with E-state index in [1.807, 2.05) is 0 Å².